The lowest BCUT2D eigenvalue weighted by Gasteiger charge is -2.38. The van der Waals surface area contributed by atoms with E-state index in [4.69, 9.17) is 0 Å². The number of rotatable bonds is 6. The lowest BCUT2D eigenvalue weighted by Crippen LogP contribution is -2.51. The van der Waals surface area contributed by atoms with Crippen LogP contribution in [0.15, 0.2) is 53.8 Å². The number of hydrogen-bond donors (Lipinski definition) is 2. The third-order valence-corrected chi connectivity index (χ3v) is 5.63. The molecule has 1 aliphatic heterocycles. The van der Waals surface area contributed by atoms with Crippen molar-refractivity contribution in [3.63, 3.8) is 0 Å². The minimum Gasteiger partial charge on any atom is -0.356 e. The second kappa shape index (κ2) is 10.2. The molecule has 2 atom stereocenters. The molecule has 2 aromatic rings. The molecule has 1 fully saturated rings. The molecule has 1 aromatic heterocycles. The van der Waals surface area contributed by atoms with Gasteiger partial charge in [0.1, 0.15) is 0 Å². The first-order valence-corrected chi connectivity index (χ1v) is 10.3. The van der Waals surface area contributed by atoms with Gasteiger partial charge in [-0.1, -0.05) is 30.3 Å². The smallest absolute Gasteiger partial charge is 0.191 e. The summed E-state index contributed by atoms with van der Waals surface area (Å²) < 4.78 is 0. The second-order valence-corrected chi connectivity index (χ2v) is 7.72. The molecule has 2 N–H and O–H groups in total. The molecular formula is C23H33N5. The predicted octanol–water partition coefficient (Wildman–Crippen LogP) is 3.15. The molecule has 2 heterocycles. The van der Waals surface area contributed by atoms with E-state index in [1.165, 1.54) is 16.7 Å². The van der Waals surface area contributed by atoms with E-state index in [9.17, 15) is 0 Å². The molecule has 3 rings (SSSR count). The zero-order chi connectivity index (χ0) is 19.8. The molecule has 1 aliphatic rings. The number of pyridine rings is 1. The number of aliphatic imine (C=N–C) groups is 1. The lowest BCUT2D eigenvalue weighted by molar-refractivity contribution is 0.134. The highest BCUT2D eigenvalue weighted by molar-refractivity contribution is 5.80. The monoisotopic (exact) mass is 379 g/mol. The van der Waals surface area contributed by atoms with Crippen molar-refractivity contribution in [2.45, 2.75) is 51.7 Å². The number of hydrogen-bond acceptors (Lipinski definition) is 3. The molecule has 2 unspecified atom stereocenters. The first-order valence-electron chi connectivity index (χ1n) is 10.3. The Morgan fingerprint density at radius 1 is 1.25 bits per heavy atom. The number of nitrogens with one attached hydrogen (secondary N) is 2. The Bertz CT molecular complexity index is 759. The third-order valence-electron chi connectivity index (χ3n) is 5.63. The zero-order valence-electron chi connectivity index (χ0n) is 17.4. The molecule has 0 spiro atoms. The summed E-state index contributed by atoms with van der Waals surface area (Å²) in [5.41, 5.74) is 3.97. The highest BCUT2D eigenvalue weighted by atomic mass is 15.2. The Balaban J connectivity index is 1.43. The Hall–Kier alpha value is -2.40. The fourth-order valence-corrected chi connectivity index (χ4v) is 3.89. The zero-order valence-corrected chi connectivity index (χ0v) is 17.4. The molecule has 150 valence electrons. The van der Waals surface area contributed by atoms with E-state index < -0.39 is 0 Å². The highest BCUT2D eigenvalue weighted by Crippen LogP contribution is 2.19. The maximum atomic E-state index is 4.42. The quantitative estimate of drug-likeness (QED) is 0.598. The van der Waals surface area contributed by atoms with Crippen LogP contribution in [0.5, 0.6) is 0 Å². The number of aryl methyl sites for hydroxylation is 1. The standard InChI is InChI=1S/C23H33N5/c1-18-16-25-12-9-21(18)10-13-26-23(24-3)27-22-11-14-28(19(2)15-22)17-20-7-5-4-6-8-20/h4-9,12,16,19,22H,10-11,13-15,17H2,1-3H3,(H2,24,26,27). The molecule has 5 heteroatoms. The fourth-order valence-electron chi connectivity index (χ4n) is 3.89. The van der Waals surface area contributed by atoms with E-state index in [2.05, 4.69) is 75.8 Å². The Kier molecular flexibility index (Phi) is 7.43. The molecule has 0 radical (unpaired) electrons. The van der Waals surface area contributed by atoms with Crippen LogP contribution in [0.3, 0.4) is 0 Å². The summed E-state index contributed by atoms with van der Waals surface area (Å²) in [6.45, 7) is 7.46. The van der Waals surface area contributed by atoms with Crippen molar-refractivity contribution in [3.8, 4) is 0 Å². The van der Waals surface area contributed by atoms with Gasteiger partial charge in [-0.15, -0.1) is 0 Å². The van der Waals surface area contributed by atoms with E-state index in [1.807, 2.05) is 19.4 Å². The molecule has 5 nitrogen and oxygen atoms in total. The van der Waals surface area contributed by atoms with Crippen molar-refractivity contribution in [2.24, 2.45) is 4.99 Å². The Morgan fingerprint density at radius 3 is 2.79 bits per heavy atom. The van der Waals surface area contributed by atoms with Gasteiger partial charge in [0.15, 0.2) is 5.96 Å². The van der Waals surface area contributed by atoms with Crippen LogP contribution in [-0.2, 0) is 13.0 Å². The summed E-state index contributed by atoms with van der Waals surface area (Å²) in [5.74, 6) is 0.903. The molecule has 28 heavy (non-hydrogen) atoms. The van der Waals surface area contributed by atoms with Gasteiger partial charge in [-0.05, 0) is 55.9 Å². The average molecular weight is 380 g/mol. The van der Waals surface area contributed by atoms with Crippen LogP contribution in [0.2, 0.25) is 0 Å². The number of benzene rings is 1. The molecule has 1 aromatic carbocycles. The van der Waals surface area contributed by atoms with Crippen molar-refractivity contribution in [1.29, 1.82) is 0 Å². The van der Waals surface area contributed by atoms with E-state index in [-0.39, 0.29) is 0 Å². The van der Waals surface area contributed by atoms with E-state index >= 15 is 0 Å². The lowest BCUT2D eigenvalue weighted by atomic mass is 9.97. The minimum absolute atomic E-state index is 0.468. The van der Waals surface area contributed by atoms with Gasteiger partial charge in [0.25, 0.3) is 0 Å². The number of aromatic nitrogens is 1. The number of likely N-dealkylation sites (tertiary alicyclic amines) is 1. The summed E-state index contributed by atoms with van der Waals surface area (Å²) in [6.07, 6.45) is 7.03. The third kappa shape index (κ3) is 5.80. The predicted molar refractivity (Wildman–Crippen MR) is 117 cm³/mol. The van der Waals surface area contributed by atoms with Crippen LogP contribution in [0.4, 0.5) is 0 Å². The molecular weight excluding hydrogens is 346 g/mol. The van der Waals surface area contributed by atoms with Gasteiger partial charge in [-0.3, -0.25) is 14.9 Å². The van der Waals surface area contributed by atoms with Crippen LogP contribution in [0.25, 0.3) is 0 Å². The van der Waals surface area contributed by atoms with Gasteiger partial charge in [0, 0.05) is 51.2 Å². The van der Waals surface area contributed by atoms with Gasteiger partial charge < -0.3 is 10.6 Å². The van der Waals surface area contributed by atoms with E-state index in [1.54, 1.807) is 0 Å². The number of guanidine groups is 1. The minimum atomic E-state index is 0.468. The molecule has 0 aliphatic carbocycles. The molecule has 0 amide bonds. The van der Waals surface area contributed by atoms with Gasteiger partial charge in [0.2, 0.25) is 0 Å². The number of piperidine rings is 1. The van der Waals surface area contributed by atoms with Crippen LogP contribution >= 0.6 is 0 Å². The first kappa shape index (κ1) is 20.3. The average Bonchev–Trinajstić information content (AvgIpc) is 2.71. The SMILES string of the molecule is CN=C(NCCc1ccncc1C)NC1CCN(Cc2ccccc2)C(C)C1. The summed E-state index contributed by atoms with van der Waals surface area (Å²) in [7, 11) is 1.85. The van der Waals surface area contributed by atoms with Crippen LogP contribution in [0.1, 0.15) is 36.5 Å². The van der Waals surface area contributed by atoms with Crippen LogP contribution < -0.4 is 10.6 Å². The van der Waals surface area contributed by atoms with Crippen molar-refractivity contribution >= 4 is 5.96 Å². The van der Waals surface area contributed by atoms with Gasteiger partial charge in [-0.25, -0.2) is 0 Å². The first-order chi connectivity index (χ1) is 13.7. The highest BCUT2D eigenvalue weighted by Gasteiger charge is 2.25. The van der Waals surface area contributed by atoms with E-state index in [0.29, 0.717) is 12.1 Å². The van der Waals surface area contributed by atoms with Gasteiger partial charge >= 0.3 is 0 Å². The maximum absolute atomic E-state index is 4.42. The van der Waals surface area contributed by atoms with Gasteiger partial charge in [0.05, 0.1) is 0 Å². The normalized spacial score (nSPS) is 20.8. The topological polar surface area (TPSA) is 52.6 Å². The van der Waals surface area contributed by atoms with Crippen LogP contribution in [-0.4, -0.2) is 48.1 Å². The Labute approximate surface area is 169 Å². The van der Waals surface area contributed by atoms with Crippen LogP contribution in [0, 0.1) is 6.92 Å². The molecule has 0 saturated carbocycles. The van der Waals surface area contributed by atoms with Crippen molar-refractivity contribution in [1.82, 2.24) is 20.5 Å². The van der Waals surface area contributed by atoms with Gasteiger partial charge in [-0.2, -0.15) is 0 Å². The van der Waals surface area contributed by atoms with Crippen molar-refractivity contribution < 1.29 is 0 Å². The molecule has 0 bridgehead atoms. The maximum Gasteiger partial charge on any atom is 0.191 e. The van der Waals surface area contributed by atoms with Crippen molar-refractivity contribution in [2.75, 3.05) is 20.1 Å². The Morgan fingerprint density at radius 2 is 2.07 bits per heavy atom. The summed E-state index contributed by atoms with van der Waals surface area (Å²) >= 11 is 0. The molecule has 1 saturated heterocycles. The summed E-state index contributed by atoms with van der Waals surface area (Å²) in [6, 6.07) is 13.9. The van der Waals surface area contributed by atoms with Crippen molar-refractivity contribution in [3.05, 3.63) is 65.5 Å². The number of nitrogens with zero attached hydrogens (tertiary/aromatic N) is 3. The van der Waals surface area contributed by atoms with E-state index in [0.717, 1.165) is 44.9 Å². The second-order valence-electron chi connectivity index (χ2n) is 7.72. The summed E-state index contributed by atoms with van der Waals surface area (Å²) in [4.78, 5) is 11.2. The fraction of sp³-hybridized carbons (Fsp3) is 0.478. The largest absolute Gasteiger partial charge is 0.356 e. The summed E-state index contributed by atoms with van der Waals surface area (Å²) in [5, 5.41) is 7.08.